The van der Waals surface area contributed by atoms with Crippen LogP contribution in [0.5, 0.6) is 5.75 Å². The zero-order valence-electron chi connectivity index (χ0n) is 16.9. The van der Waals surface area contributed by atoms with Gasteiger partial charge in [0.15, 0.2) is 22.9 Å². The molecule has 0 bridgehead atoms. The lowest BCUT2D eigenvalue weighted by Gasteiger charge is -2.15. The average molecular weight is 441 g/mol. The molecule has 0 aliphatic carbocycles. The molecule has 0 N–H and O–H groups in total. The lowest BCUT2D eigenvalue weighted by Crippen LogP contribution is -2.10. The van der Waals surface area contributed by atoms with Gasteiger partial charge >= 0.3 is 0 Å². The molecule has 0 saturated heterocycles. The van der Waals surface area contributed by atoms with Gasteiger partial charge in [-0.15, -0.1) is 10.2 Å². The number of aryl methyl sites for hydroxylation is 1. The molecule has 154 valence electrons. The van der Waals surface area contributed by atoms with E-state index in [0.29, 0.717) is 21.8 Å². The summed E-state index contributed by atoms with van der Waals surface area (Å²) in [7, 11) is 3.81. The number of Topliss-reactive ketones (excluding diaryl/α,β-unsaturated/α-hetero) is 1. The summed E-state index contributed by atoms with van der Waals surface area (Å²) in [5.41, 5.74) is 1.76. The SMILES string of the molecule is CC(Oc1ccccc1Cl)c1nnc(SCC(=O)c2cn(C)c3ccccc23)n1C. The van der Waals surface area contributed by atoms with E-state index in [2.05, 4.69) is 10.2 Å². The molecular weight excluding hydrogens is 420 g/mol. The first kappa shape index (κ1) is 20.5. The molecule has 4 aromatic rings. The van der Waals surface area contributed by atoms with Gasteiger partial charge in [-0.3, -0.25) is 4.79 Å². The quantitative estimate of drug-likeness (QED) is 0.296. The van der Waals surface area contributed by atoms with E-state index in [4.69, 9.17) is 16.3 Å². The van der Waals surface area contributed by atoms with Crippen molar-refractivity contribution in [2.45, 2.75) is 18.2 Å². The molecule has 0 amide bonds. The summed E-state index contributed by atoms with van der Waals surface area (Å²) in [6, 6.07) is 15.2. The molecular formula is C22H21ClN4O2S. The Balaban J connectivity index is 1.46. The summed E-state index contributed by atoms with van der Waals surface area (Å²) >= 11 is 7.54. The van der Waals surface area contributed by atoms with Gasteiger partial charge in [-0.2, -0.15) is 0 Å². The van der Waals surface area contributed by atoms with Crippen LogP contribution in [0.1, 0.15) is 29.2 Å². The molecule has 0 radical (unpaired) electrons. The third-order valence-corrected chi connectivity index (χ3v) is 6.23. The average Bonchev–Trinajstić information content (AvgIpc) is 3.28. The Morgan fingerprint density at radius 1 is 1.13 bits per heavy atom. The molecule has 30 heavy (non-hydrogen) atoms. The number of halogens is 1. The molecule has 6 nitrogen and oxygen atoms in total. The van der Waals surface area contributed by atoms with E-state index in [0.717, 1.165) is 16.5 Å². The zero-order valence-corrected chi connectivity index (χ0v) is 18.4. The highest BCUT2D eigenvalue weighted by atomic mass is 35.5. The summed E-state index contributed by atoms with van der Waals surface area (Å²) in [6.45, 7) is 1.89. The lowest BCUT2D eigenvalue weighted by atomic mass is 10.1. The highest BCUT2D eigenvalue weighted by Gasteiger charge is 2.20. The molecule has 2 aromatic carbocycles. The first-order chi connectivity index (χ1) is 14.5. The number of carbonyl (C=O) groups is 1. The maximum absolute atomic E-state index is 12.8. The third-order valence-electron chi connectivity index (χ3n) is 4.90. The topological polar surface area (TPSA) is 61.9 Å². The Bertz CT molecular complexity index is 1220. The zero-order chi connectivity index (χ0) is 21.3. The van der Waals surface area contributed by atoms with Crippen LogP contribution in [0.4, 0.5) is 0 Å². The van der Waals surface area contributed by atoms with Crippen molar-refractivity contribution in [2.24, 2.45) is 14.1 Å². The van der Waals surface area contributed by atoms with Gasteiger partial charge in [0.1, 0.15) is 5.75 Å². The fourth-order valence-electron chi connectivity index (χ4n) is 3.36. The Hall–Kier alpha value is -2.77. The monoisotopic (exact) mass is 440 g/mol. The molecule has 8 heteroatoms. The summed E-state index contributed by atoms with van der Waals surface area (Å²) in [5, 5.41) is 10.7. The van der Waals surface area contributed by atoms with Gasteiger partial charge in [0.25, 0.3) is 0 Å². The molecule has 0 aliphatic rings. The second kappa shape index (κ2) is 8.53. The second-order valence-corrected chi connectivity index (χ2v) is 8.32. The predicted molar refractivity (Wildman–Crippen MR) is 119 cm³/mol. The summed E-state index contributed by atoms with van der Waals surface area (Å²) in [4.78, 5) is 12.8. The third kappa shape index (κ3) is 3.95. The maximum atomic E-state index is 12.8. The van der Waals surface area contributed by atoms with Gasteiger partial charge in [0.2, 0.25) is 0 Å². The molecule has 4 rings (SSSR count). The number of nitrogens with zero attached hydrogens (tertiary/aromatic N) is 4. The van der Waals surface area contributed by atoms with Crippen molar-refractivity contribution in [1.82, 2.24) is 19.3 Å². The predicted octanol–water partition coefficient (Wildman–Crippen LogP) is 5.08. The number of carbonyl (C=O) groups excluding carboxylic acids is 1. The number of ether oxygens (including phenoxy) is 1. The Kier molecular flexibility index (Phi) is 5.83. The summed E-state index contributed by atoms with van der Waals surface area (Å²) < 4.78 is 9.76. The molecule has 0 saturated carbocycles. The van der Waals surface area contributed by atoms with Crippen LogP contribution in [0.15, 0.2) is 59.9 Å². The second-order valence-electron chi connectivity index (χ2n) is 6.97. The van der Waals surface area contributed by atoms with E-state index in [9.17, 15) is 4.79 Å². The number of para-hydroxylation sites is 2. The first-order valence-corrected chi connectivity index (χ1v) is 10.8. The van der Waals surface area contributed by atoms with Crippen molar-refractivity contribution in [2.75, 3.05) is 5.75 Å². The Morgan fingerprint density at radius 2 is 1.87 bits per heavy atom. The van der Waals surface area contributed by atoms with Crippen molar-refractivity contribution < 1.29 is 9.53 Å². The van der Waals surface area contributed by atoms with Crippen molar-refractivity contribution in [3.05, 3.63) is 71.1 Å². The van der Waals surface area contributed by atoms with Crippen LogP contribution in [0.25, 0.3) is 10.9 Å². The van der Waals surface area contributed by atoms with Crippen molar-refractivity contribution in [3.8, 4) is 5.75 Å². The smallest absolute Gasteiger partial charge is 0.191 e. The van der Waals surface area contributed by atoms with Gasteiger partial charge < -0.3 is 13.9 Å². The number of hydrogen-bond donors (Lipinski definition) is 0. The number of hydrogen-bond acceptors (Lipinski definition) is 5. The van der Waals surface area contributed by atoms with E-state index in [1.165, 1.54) is 11.8 Å². The minimum Gasteiger partial charge on any atom is -0.481 e. The maximum Gasteiger partial charge on any atom is 0.191 e. The van der Waals surface area contributed by atoms with Crippen molar-refractivity contribution >= 4 is 40.0 Å². The number of fused-ring (bicyclic) bond motifs is 1. The van der Waals surface area contributed by atoms with Crippen molar-refractivity contribution in [1.29, 1.82) is 0 Å². The number of ketones is 1. The van der Waals surface area contributed by atoms with Crippen molar-refractivity contribution in [3.63, 3.8) is 0 Å². The highest BCUT2D eigenvalue weighted by Crippen LogP contribution is 2.29. The molecule has 2 heterocycles. The number of thioether (sulfide) groups is 1. The number of benzene rings is 2. The number of aromatic nitrogens is 4. The van der Waals surface area contributed by atoms with Crippen LogP contribution in [0.2, 0.25) is 5.02 Å². The normalized spacial score (nSPS) is 12.3. The van der Waals surface area contributed by atoms with Crippen LogP contribution in [-0.2, 0) is 14.1 Å². The van der Waals surface area contributed by atoms with Gasteiger partial charge in [-0.05, 0) is 25.1 Å². The van der Waals surface area contributed by atoms with Gasteiger partial charge in [0, 0.05) is 36.8 Å². The van der Waals surface area contributed by atoms with Crippen LogP contribution in [0.3, 0.4) is 0 Å². The Morgan fingerprint density at radius 3 is 2.67 bits per heavy atom. The van der Waals surface area contributed by atoms with E-state index in [-0.39, 0.29) is 17.6 Å². The summed E-state index contributed by atoms with van der Waals surface area (Å²) in [6.07, 6.45) is 1.54. The molecule has 0 fully saturated rings. The van der Waals surface area contributed by atoms with E-state index in [1.54, 1.807) is 6.07 Å². The minimum atomic E-state index is -0.342. The summed E-state index contributed by atoms with van der Waals surface area (Å²) in [5.74, 6) is 1.59. The van der Waals surface area contributed by atoms with E-state index >= 15 is 0 Å². The number of rotatable bonds is 7. The highest BCUT2D eigenvalue weighted by molar-refractivity contribution is 7.99. The van der Waals surface area contributed by atoms with E-state index < -0.39 is 0 Å². The molecule has 2 aromatic heterocycles. The molecule has 1 unspecified atom stereocenters. The van der Waals surface area contributed by atoms with Crippen LogP contribution >= 0.6 is 23.4 Å². The first-order valence-electron chi connectivity index (χ1n) is 9.46. The van der Waals surface area contributed by atoms with Gasteiger partial charge in [-0.1, -0.05) is 53.7 Å². The molecule has 0 spiro atoms. The van der Waals surface area contributed by atoms with E-state index in [1.807, 2.05) is 78.8 Å². The van der Waals surface area contributed by atoms with Gasteiger partial charge in [0.05, 0.1) is 10.8 Å². The molecule has 1 atom stereocenters. The minimum absolute atomic E-state index is 0.0571. The lowest BCUT2D eigenvalue weighted by molar-refractivity contribution is 0.102. The standard InChI is InChI=1S/C22H21ClN4O2S/c1-14(29-20-11-7-5-9-17(20)23)21-24-25-22(27(21)3)30-13-19(28)16-12-26(2)18-10-6-4-8-15(16)18/h4-12,14H,13H2,1-3H3. The van der Waals surface area contributed by atoms with Crippen LogP contribution in [0, 0.1) is 0 Å². The fraction of sp³-hybridized carbons (Fsp3) is 0.227. The Labute approximate surface area is 183 Å². The van der Waals surface area contributed by atoms with Crippen LogP contribution in [-0.4, -0.2) is 30.9 Å². The fourth-order valence-corrected chi connectivity index (χ4v) is 4.34. The molecule has 0 aliphatic heterocycles. The van der Waals surface area contributed by atoms with Gasteiger partial charge in [-0.25, -0.2) is 0 Å². The largest absolute Gasteiger partial charge is 0.481 e. The van der Waals surface area contributed by atoms with Crippen LogP contribution < -0.4 is 4.74 Å².